The van der Waals surface area contributed by atoms with E-state index in [4.69, 9.17) is 19.3 Å². The van der Waals surface area contributed by atoms with Crippen LogP contribution in [0, 0.1) is 5.92 Å². The lowest BCUT2D eigenvalue weighted by Gasteiger charge is -2.26. The molecule has 0 saturated heterocycles. The second-order valence-electron chi connectivity index (χ2n) is 5.03. The van der Waals surface area contributed by atoms with Crippen molar-refractivity contribution in [2.75, 3.05) is 20.8 Å². The van der Waals surface area contributed by atoms with E-state index in [1.807, 2.05) is 0 Å². The van der Waals surface area contributed by atoms with Gasteiger partial charge in [0.2, 0.25) is 5.75 Å². The van der Waals surface area contributed by atoms with E-state index in [0.717, 1.165) is 6.08 Å². The lowest BCUT2D eigenvalue weighted by atomic mass is 9.86. The van der Waals surface area contributed by atoms with Crippen molar-refractivity contribution in [3.8, 4) is 17.2 Å². The Morgan fingerprint density at radius 3 is 2.33 bits per heavy atom. The molecule has 5 heteroatoms. The second kappa shape index (κ2) is 7.02. The number of hydrogen-bond acceptors (Lipinski definition) is 4. The zero-order valence-corrected chi connectivity index (χ0v) is 12.3. The van der Waals surface area contributed by atoms with Crippen molar-refractivity contribution in [1.82, 2.24) is 0 Å². The van der Waals surface area contributed by atoms with E-state index >= 15 is 0 Å². The predicted octanol–water partition coefficient (Wildman–Crippen LogP) is 2.98. The summed E-state index contributed by atoms with van der Waals surface area (Å²) in [4.78, 5) is 10.6. The highest BCUT2D eigenvalue weighted by Gasteiger charge is 2.20. The van der Waals surface area contributed by atoms with Crippen LogP contribution in [0.25, 0.3) is 6.08 Å². The van der Waals surface area contributed by atoms with Gasteiger partial charge in [0.05, 0.1) is 20.8 Å². The molecule has 0 aromatic heterocycles. The molecular formula is C16H20O5. The minimum absolute atomic E-state index is 0.540. The monoisotopic (exact) mass is 292 g/mol. The van der Waals surface area contributed by atoms with Gasteiger partial charge >= 0.3 is 5.97 Å². The van der Waals surface area contributed by atoms with Gasteiger partial charge in [0.1, 0.15) is 0 Å². The molecule has 1 fully saturated rings. The first-order chi connectivity index (χ1) is 10.1. The van der Waals surface area contributed by atoms with Gasteiger partial charge in [-0.25, -0.2) is 4.79 Å². The van der Waals surface area contributed by atoms with Crippen molar-refractivity contribution in [1.29, 1.82) is 0 Å². The van der Waals surface area contributed by atoms with E-state index in [2.05, 4.69) is 0 Å². The molecular weight excluding hydrogens is 272 g/mol. The highest BCUT2D eigenvalue weighted by Crippen LogP contribution is 2.40. The lowest BCUT2D eigenvalue weighted by Crippen LogP contribution is -2.19. The van der Waals surface area contributed by atoms with Gasteiger partial charge in [-0.2, -0.15) is 0 Å². The molecule has 1 aliphatic carbocycles. The smallest absolute Gasteiger partial charge is 0.328 e. The zero-order valence-electron chi connectivity index (χ0n) is 12.3. The summed E-state index contributed by atoms with van der Waals surface area (Å²) in [5.41, 5.74) is 0.682. The third-order valence-electron chi connectivity index (χ3n) is 3.59. The molecule has 1 aromatic carbocycles. The van der Waals surface area contributed by atoms with Crippen molar-refractivity contribution in [2.45, 2.75) is 19.3 Å². The Balaban J connectivity index is 2.22. The third kappa shape index (κ3) is 3.90. The van der Waals surface area contributed by atoms with Gasteiger partial charge in [-0.1, -0.05) is 6.42 Å². The minimum atomic E-state index is -1.00. The number of carbonyl (C=O) groups is 1. The van der Waals surface area contributed by atoms with Crippen molar-refractivity contribution < 1.29 is 24.1 Å². The average Bonchev–Trinajstić information content (AvgIpc) is 2.43. The van der Waals surface area contributed by atoms with Crippen LogP contribution in [0.1, 0.15) is 24.8 Å². The summed E-state index contributed by atoms with van der Waals surface area (Å²) < 4.78 is 16.5. The summed E-state index contributed by atoms with van der Waals surface area (Å²) in [7, 11) is 3.10. The van der Waals surface area contributed by atoms with Gasteiger partial charge in [0, 0.05) is 6.08 Å². The Bertz CT molecular complexity index is 506. The first-order valence-corrected chi connectivity index (χ1v) is 6.94. The van der Waals surface area contributed by atoms with Gasteiger partial charge in [-0.05, 0) is 42.5 Å². The molecule has 0 spiro atoms. The topological polar surface area (TPSA) is 65.0 Å². The molecule has 21 heavy (non-hydrogen) atoms. The average molecular weight is 292 g/mol. The number of ether oxygens (including phenoxy) is 3. The molecule has 114 valence electrons. The molecule has 0 radical (unpaired) electrons. The van der Waals surface area contributed by atoms with E-state index in [-0.39, 0.29) is 0 Å². The van der Waals surface area contributed by atoms with E-state index in [1.54, 1.807) is 26.4 Å². The quantitative estimate of drug-likeness (QED) is 0.783. The number of methoxy groups -OCH3 is 2. The Labute approximate surface area is 124 Å². The van der Waals surface area contributed by atoms with Crippen LogP contribution in [0.4, 0.5) is 0 Å². The fraction of sp³-hybridized carbons (Fsp3) is 0.438. The van der Waals surface area contributed by atoms with Crippen molar-refractivity contribution in [3.05, 3.63) is 23.8 Å². The molecule has 1 aliphatic rings. The van der Waals surface area contributed by atoms with Crippen molar-refractivity contribution in [2.24, 2.45) is 5.92 Å². The number of hydrogen-bond donors (Lipinski definition) is 1. The molecule has 0 heterocycles. The van der Waals surface area contributed by atoms with Crippen LogP contribution in [0.3, 0.4) is 0 Å². The van der Waals surface area contributed by atoms with Gasteiger partial charge < -0.3 is 19.3 Å². The predicted molar refractivity (Wildman–Crippen MR) is 79.1 cm³/mol. The first-order valence-electron chi connectivity index (χ1n) is 6.94. The molecule has 0 aliphatic heterocycles. The fourth-order valence-corrected chi connectivity index (χ4v) is 2.17. The summed E-state index contributed by atoms with van der Waals surface area (Å²) in [6.45, 7) is 0.650. The Hall–Kier alpha value is -2.17. The van der Waals surface area contributed by atoms with E-state index in [1.165, 1.54) is 25.3 Å². The first kappa shape index (κ1) is 15.2. The van der Waals surface area contributed by atoms with Gasteiger partial charge in [0.15, 0.2) is 11.5 Å². The Morgan fingerprint density at radius 1 is 1.29 bits per heavy atom. The van der Waals surface area contributed by atoms with Crippen LogP contribution < -0.4 is 14.2 Å². The normalized spacial score (nSPS) is 14.8. The van der Waals surface area contributed by atoms with E-state index in [0.29, 0.717) is 35.3 Å². The summed E-state index contributed by atoms with van der Waals surface area (Å²) in [6, 6.07) is 3.47. The number of carboxylic acids is 1. The highest BCUT2D eigenvalue weighted by molar-refractivity contribution is 5.85. The number of carboxylic acid groups (broad SMARTS) is 1. The highest BCUT2D eigenvalue weighted by atomic mass is 16.5. The maximum atomic E-state index is 10.6. The van der Waals surface area contributed by atoms with Crippen LogP contribution in [0.5, 0.6) is 17.2 Å². The maximum Gasteiger partial charge on any atom is 0.328 e. The van der Waals surface area contributed by atoms with E-state index in [9.17, 15) is 4.79 Å². The van der Waals surface area contributed by atoms with Crippen LogP contribution in [-0.2, 0) is 4.79 Å². The Morgan fingerprint density at radius 2 is 1.90 bits per heavy atom. The molecule has 0 unspecified atom stereocenters. The van der Waals surface area contributed by atoms with Gasteiger partial charge in [0.25, 0.3) is 0 Å². The maximum absolute atomic E-state index is 10.6. The summed E-state index contributed by atoms with van der Waals surface area (Å²) in [6.07, 6.45) is 6.22. The number of benzene rings is 1. The lowest BCUT2D eigenvalue weighted by molar-refractivity contribution is -0.131. The zero-order chi connectivity index (χ0) is 15.2. The third-order valence-corrected chi connectivity index (χ3v) is 3.59. The molecule has 0 bridgehead atoms. The standard InChI is InChI=1S/C16H20O5/c1-19-13-8-12(6-7-15(17)18)9-14(20-2)16(13)21-10-11-4-3-5-11/h6-9,11H,3-5,10H2,1-2H3,(H,17,18). The molecule has 5 nitrogen and oxygen atoms in total. The van der Waals surface area contributed by atoms with Gasteiger partial charge in [-0.15, -0.1) is 0 Å². The van der Waals surface area contributed by atoms with Crippen LogP contribution in [0.15, 0.2) is 18.2 Å². The molecule has 0 amide bonds. The molecule has 2 rings (SSSR count). The Kier molecular flexibility index (Phi) is 5.09. The molecule has 0 atom stereocenters. The largest absolute Gasteiger partial charge is 0.493 e. The molecule has 1 saturated carbocycles. The molecule has 1 N–H and O–H groups in total. The number of rotatable bonds is 7. The number of aliphatic carboxylic acids is 1. The van der Waals surface area contributed by atoms with Gasteiger partial charge in [-0.3, -0.25) is 0 Å². The van der Waals surface area contributed by atoms with Crippen LogP contribution >= 0.6 is 0 Å². The van der Waals surface area contributed by atoms with Crippen LogP contribution in [-0.4, -0.2) is 31.9 Å². The second-order valence-corrected chi connectivity index (χ2v) is 5.03. The van der Waals surface area contributed by atoms with E-state index < -0.39 is 5.97 Å². The molecule has 1 aromatic rings. The van der Waals surface area contributed by atoms with Crippen LogP contribution in [0.2, 0.25) is 0 Å². The van der Waals surface area contributed by atoms with Crippen molar-refractivity contribution >= 4 is 12.0 Å². The minimum Gasteiger partial charge on any atom is -0.493 e. The summed E-state index contributed by atoms with van der Waals surface area (Å²) in [5.74, 6) is 1.25. The van der Waals surface area contributed by atoms with Crippen molar-refractivity contribution in [3.63, 3.8) is 0 Å². The summed E-state index contributed by atoms with van der Waals surface area (Å²) in [5, 5.41) is 8.69. The SMILES string of the molecule is COc1cc(C=CC(=O)O)cc(OC)c1OCC1CCC1. The fourth-order valence-electron chi connectivity index (χ4n) is 2.17. The summed E-state index contributed by atoms with van der Waals surface area (Å²) >= 11 is 0.